The molecule has 0 aliphatic carbocycles. The number of rotatable bonds is 3. The summed E-state index contributed by atoms with van der Waals surface area (Å²) in [5.74, 6) is 0.408. The summed E-state index contributed by atoms with van der Waals surface area (Å²) in [6.45, 7) is 0. The molecule has 2 rings (SSSR count). The highest BCUT2D eigenvalue weighted by Gasteiger charge is 2.26. The Morgan fingerprint density at radius 1 is 1.45 bits per heavy atom. The second kappa shape index (κ2) is 5.70. The molecule has 7 heteroatoms. The van der Waals surface area contributed by atoms with Crippen molar-refractivity contribution in [1.29, 1.82) is 0 Å². The molecule has 0 saturated carbocycles. The number of carbonyl (C=O) groups excluding carboxylic acids is 1. The predicted octanol–water partition coefficient (Wildman–Crippen LogP) is 0.584. The number of benzene rings is 1. The summed E-state index contributed by atoms with van der Waals surface area (Å²) < 4.78 is 28.1. The van der Waals surface area contributed by atoms with Gasteiger partial charge in [-0.05, 0) is 25.0 Å². The Kier molecular flexibility index (Phi) is 4.17. The number of methoxy groups -OCH3 is 1. The van der Waals surface area contributed by atoms with Crippen LogP contribution in [0.4, 0.5) is 5.69 Å². The van der Waals surface area contributed by atoms with Crippen LogP contribution in [0.2, 0.25) is 0 Å². The number of sulfone groups is 1. The Labute approximate surface area is 118 Å². The minimum Gasteiger partial charge on any atom is -0.497 e. The van der Waals surface area contributed by atoms with E-state index in [1.807, 2.05) is 0 Å². The fourth-order valence-electron chi connectivity index (χ4n) is 2.27. The van der Waals surface area contributed by atoms with Crippen LogP contribution < -0.4 is 15.8 Å². The van der Waals surface area contributed by atoms with Crippen molar-refractivity contribution in [2.45, 2.75) is 18.9 Å². The molecular weight excluding hydrogens is 280 g/mol. The number of nitrogens with two attached hydrogens (primary N) is 1. The second-order valence-electron chi connectivity index (χ2n) is 4.88. The third kappa shape index (κ3) is 3.41. The van der Waals surface area contributed by atoms with Crippen LogP contribution in [-0.2, 0) is 9.84 Å². The zero-order valence-corrected chi connectivity index (χ0v) is 12.1. The van der Waals surface area contributed by atoms with Crippen LogP contribution in [-0.4, -0.2) is 39.0 Å². The normalized spacial score (nSPS) is 21.1. The van der Waals surface area contributed by atoms with E-state index in [0.717, 1.165) is 0 Å². The molecule has 0 bridgehead atoms. The Morgan fingerprint density at radius 3 is 2.80 bits per heavy atom. The number of nitrogens with one attached hydrogen (secondary N) is 1. The lowest BCUT2D eigenvalue weighted by Gasteiger charge is -2.23. The SMILES string of the molecule is COc1ccc(C(=O)NC2CCCS(=O)(=O)C2)c(N)c1. The van der Waals surface area contributed by atoms with Crippen LogP contribution >= 0.6 is 0 Å². The van der Waals surface area contributed by atoms with Gasteiger partial charge in [0.1, 0.15) is 5.75 Å². The van der Waals surface area contributed by atoms with Crippen LogP contribution in [0, 0.1) is 0 Å². The van der Waals surface area contributed by atoms with E-state index in [1.54, 1.807) is 18.2 Å². The van der Waals surface area contributed by atoms with Gasteiger partial charge in [-0.25, -0.2) is 8.42 Å². The average molecular weight is 298 g/mol. The van der Waals surface area contributed by atoms with E-state index < -0.39 is 9.84 Å². The van der Waals surface area contributed by atoms with Gasteiger partial charge < -0.3 is 15.8 Å². The molecule has 0 spiro atoms. The van der Waals surface area contributed by atoms with Gasteiger partial charge in [-0.1, -0.05) is 0 Å². The van der Waals surface area contributed by atoms with Gasteiger partial charge in [0.05, 0.1) is 24.2 Å². The van der Waals surface area contributed by atoms with Crippen LogP contribution in [0.1, 0.15) is 23.2 Å². The van der Waals surface area contributed by atoms with E-state index in [-0.39, 0.29) is 23.5 Å². The molecule has 1 aromatic rings. The van der Waals surface area contributed by atoms with Crippen molar-refractivity contribution in [2.24, 2.45) is 0 Å². The largest absolute Gasteiger partial charge is 0.497 e. The first kappa shape index (κ1) is 14.6. The van der Waals surface area contributed by atoms with Gasteiger partial charge in [-0.15, -0.1) is 0 Å². The fraction of sp³-hybridized carbons (Fsp3) is 0.462. The summed E-state index contributed by atoms with van der Waals surface area (Å²) in [6.07, 6.45) is 1.24. The topological polar surface area (TPSA) is 98.5 Å². The molecule has 1 atom stereocenters. The van der Waals surface area contributed by atoms with Crippen molar-refractivity contribution in [2.75, 3.05) is 24.3 Å². The maximum absolute atomic E-state index is 12.1. The molecule has 20 heavy (non-hydrogen) atoms. The molecule has 1 fully saturated rings. The highest BCUT2D eigenvalue weighted by Crippen LogP contribution is 2.20. The first-order valence-corrected chi connectivity index (χ1v) is 8.18. The van der Waals surface area contributed by atoms with Gasteiger partial charge >= 0.3 is 0 Å². The standard InChI is InChI=1S/C13H18N2O4S/c1-19-10-4-5-11(12(14)7-10)13(16)15-9-3-2-6-20(17,18)8-9/h4-5,7,9H,2-3,6,8,14H2,1H3,(H,15,16). The molecule has 1 amide bonds. The maximum Gasteiger partial charge on any atom is 0.253 e. The molecule has 1 saturated heterocycles. The summed E-state index contributed by atoms with van der Waals surface area (Å²) in [5.41, 5.74) is 6.43. The quantitative estimate of drug-likeness (QED) is 0.796. The van der Waals surface area contributed by atoms with Crippen LogP contribution in [0.5, 0.6) is 5.75 Å². The molecule has 6 nitrogen and oxygen atoms in total. The average Bonchev–Trinajstić information content (AvgIpc) is 2.37. The maximum atomic E-state index is 12.1. The van der Waals surface area contributed by atoms with Gasteiger partial charge in [0.2, 0.25) is 0 Å². The highest BCUT2D eigenvalue weighted by molar-refractivity contribution is 7.91. The van der Waals surface area contributed by atoms with E-state index in [0.29, 0.717) is 29.8 Å². The minimum absolute atomic E-state index is 0.00516. The van der Waals surface area contributed by atoms with Crippen LogP contribution in [0.25, 0.3) is 0 Å². The molecule has 110 valence electrons. The van der Waals surface area contributed by atoms with Crippen molar-refractivity contribution in [3.63, 3.8) is 0 Å². The van der Waals surface area contributed by atoms with Gasteiger partial charge in [0, 0.05) is 17.8 Å². The zero-order valence-electron chi connectivity index (χ0n) is 11.3. The Hall–Kier alpha value is -1.76. The summed E-state index contributed by atoms with van der Waals surface area (Å²) in [4.78, 5) is 12.1. The molecular formula is C13H18N2O4S. The van der Waals surface area contributed by atoms with Gasteiger partial charge in [-0.2, -0.15) is 0 Å². The number of nitrogen functional groups attached to an aromatic ring is 1. The molecule has 1 unspecified atom stereocenters. The van der Waals surface area contributed by atoms with Gasteiger partial charge in [0.15, 0.2) is 9.84 Å². The first-order chi connectivity index (χ1) is 9.41. The minimum atomic E-state index is -3.05. The lowest BCUT2D eigenvalue weighted by Crippen LogP contribution is -2.43. The molecule has 3 N–H and O–H groups in total. The van der Waals surface area contributed by atoms with E-state index in [9.17, 15) is 13.2 Å². The number of amides is 1. The van der Waals surface area contributed by atoms with Crippen molar-refractivity contribution in [3.8, 4) is 5.75 Å². The second-order valence-corrected chi connectivity index (χ2v) is 7.11. The smallest absolute Gasteiger partial charge is 0.253 e. The highest BCUT2D eigenvalue weighted by atomic mass is 32.2. The van der Waals surface area contributed by atoms with E-state index in [2.05, 4.69) is 5.32 Å². The van der Waals surface area contributed by atoms with Crippen LogP contribution in [0.3, 0.4) is 0 Å². The summed E-state index contributed by atoms with van der Waals surface area (Å²) in [6, 6.07) is 4.43. The third-order valence-electron chi connectivity index (χ3n) is 3.30. The summed E-state index contributed by atoms with van der Waals surface area (Å²) in [5, 5.41) is 2.73. The van der Waals surface area contributed by atoms with Crippen molar-refractivity contribution in [3.05, 3.63) is 23.8 Å². The third-order valence-corrected chi connectivity index (χ3v) is 5.12. The predicted molar refractivity (Wildman–Crippen MR) is 76.5 cm³/mol. The van der Waals surface area contributed by atoms with Gasteiger partial charge in [-0.3, -0.25) is 4.79 Å². The van der Waals surface area contributed by atoms with Crippen molar-refractivity contribution in [1.82, 2.24) is 5.32 Å². The molecule has 1 heterocycles. The lowest BCUT2D eigenvalue weighted by atomic mass is 10.1. The number of ether oxygens (including phenoxy) is 1. The molecule has 1 aliphatic heterocycles. The van der Waals surface area contributed by atoms with Crippen molar-refractivity contribution < 1.29 is 17.9 Å². The van der Waals surface area contributed by atoms with Crippen molar-refractivity contribution >= 4 is 21.4 Å². The first-order valence-electron chi connectivity index (χ1n) is 6.36. The number of hydrogen-bond donors (Lipinski definition) is 2. The summed E-state index contributed by atoms with van der Waals surface area (Å²) in [7, 11) is -1.53. The Balaban J connectivity index is 2.08. The van der Waals surface area contributed by atoms with E-state index in [4.69, 9.17) is 10.5 Å². The van der Waals surface area contributed by atoms with Gasteiger partial charge in [0.25, 0.3) is 5.91 Å². The number of carbonyl (C=O) groups is 1. The van der Waals surface area contributed by atoms with E-state index in [1.165, 1.54) is 7.11 Å². The monoisotopic (exact) mass is 298 g/mol. The van der Waals surface area contributed by atoms with Crippen LogP contribution in [0.15, 0.2) is 18.2 Å². The molecule has 1 aromatic carbocycles. The molecule has 0 radical (unpaired) electrons. The molecule has 0 aromatic heterocycles. The zero-order chi connectivity index (χ0) is 14.8. The number of hydrogen-bond acceptors (Lipinski definition) is 5. The fourth-order valence-corrected chi connectivity index (χ4v) is 3.91. The number of anilines is 1. The molecule has 1 aliphatic rings. The Bertz CT molecular complexity index is 613. The Morgan fingerprint density at radius 2 is 2.20 bits per heavy atom. The summed E-state index contributed by atoms with van der Waals surface area (Å²) >= 11 is 0. The van der Waals surface area contributed by atoms with E-state index >= 15 is 0 Å². The lowest BCUT2D eigenvalue weighted by molar-refractivity contribution is 0.0939.